The summed E-state index contributed by atoms with van der Waals surface area (Å²) in [5.41, 5.74) is 10.4. The van der Waals surface area contributed by atoms with Crippen LogP contribution in [0, 0.1) is 6.92 Å². The van der Waals surface area contributed by atoms with Crippen molar-refractivity contribution in [2.45, 2.75) is 44.9 Å². The van der Waals surface area contributed by atoms with Gasteiger partial charge in [0.05, 0.1) is 0 Å². The van der Waals surface area contributed by atoms with E-state index < -0.39 is 0 Å². The van der Waals surface area contributed by atoms with Gasteiger partial charge in [-0.25, -0.2) is 0 Å². The summed E-state index contributed by atoms with van der Waals surface area (Å²) in [5.74, 6) is 0.764. The largest absolute Gasteiger partial charge is 0.456 e. The molecule has 0 N–H and O–H groups in total. The number of benzene rings is 3. The molecule has 0 spiro atoms. The first-order valence-corrected chi connectivity index (χ1v) is 11.2. The second-order valence-electron chi connectivity index (χ2n) is 8.88. The lowest BCUT2D eigenvalue weighted by molar-refractivity contribution is 0.571. The molecule has 0 bridgehead atoms. The first-order valence-electron chi connectivity index (χ1n) is 11.2. The number of aryl methyl sites for hydroxylation is 1. The Bertz CT molecular complexity index is 1380. The quantitative estimate of drug-likeness (QED) is 0.402. The number of fused-ring (bicyclic) bond motifs is 3. The molecule has 1 heterocycles. The van der Waals surface area contributed by atoms with E-state index in [2.05, 4.69) is 79.7 Å². The molecule has 0 atom stereocenters. The van der Waals surface area contributed by atoms with Crippen molar-refractivity contribution in [3.8, 4) is 11.1 Å². The highest BCUT2D eigenvalue weighted by atomic mass is 16.3. The second-order valence-corrected chi connectivity index (χ2v) is 8.88. The van der Waals surface area contributed by atoms with Gasteiger partial charge in [-0.1, -0.05) is 60.7 Å². The van der Waals surface area contributed by atoms with Crippen LogP contribution in [0.3, 0.4) is 0 Å². The molecular weight excluding hydrogens is 364 g/mol. The number of rotatable bonds is 4. The Balaban J connectivity index is 1.33. The molecule has 1 nitrogen and oxygen atoms in total. The van der Waals surface area contributed by atoms with E-state index in [1.807, 2.05) is 0 Å². The summed E-state index contributed by atoms with van der Waals surface area (Å²) in [5, 5.41) is 2.52. The molecule has 1 heteroatoms. The fraction of sp³-hybridized carbons (Fsp3) is 0.241. The van der Waals surface area contributed by atoms with Gasteiger partial charge < -0.3 is 4.42 Å². The Morgan fingerprint density at radius 1 is 0.833 bits per heavy atom. The summed E-state index contributed by atoms with van der Waals surface area (Å²) in [4.78, 5) is 0. The van der Waals surface area contributed by atoms with Crippen LogP contribution in [0.1, 0.15) is 53.9 Å². The maximum absolute atomic E-state index is 6.12. The lowest BCUT2D eigenvalue weighted by Gasteiger charge is -2.13. The molecule has 1 aromatic heterocycles. The van der Waals surface area contributed by atoms with Gasteiger partial charge in [0.25, 0.3) is 0 Å². The minimum Gasteiger partial charge on any atom is -0.456 e. The summed E-state index contributed by atoms with van der Waals surface area (Å²) in [6.45, 7) is 2.25. The summed E-state index contributed by atoms with van der Waals surface area (Å²) in [6.07, 6.45) is 10.3. The van der Waals surface area contributed by atoms with Crippen LogP contribution in [0.25, 0.3) is 34.2 Å². The topological polar surface area (TPSA) is 13.1 Å². The van der Waals surface area contributed by atoms with Gasteiger partial charge in [0, 0.05) is 10.6 Å². The van der Waals surface area contributed by atoms with Crippen LogP contribution in [-0.2, 0) is 6.42 Å². The summed E-state index contributed by atoms with van der Waals surface area (Å²) >= 11 is 0. The summed E-state index contributed by atoms with van der Waals surface area (Å²) in [6, 6.07) is 22.6. The second kappa shape index (κ2) is 7.02. The molecule has 0 unspecified atom stereocenters. The predicted molar refractivity (Wildman–Crippen MR) is 125 cm³/mol. The highest BCUT2D eigenvalue weighted by Gasteiger charge is 2.26. The van der Waals surface area contributed by atoms with Crippen LogP contribution >= 0.6 is 0 Å². The zero-order valence-corrected chi connectivity index (χ0v) is 17.4. The van der Waals surface area contributed by atoms with Gasteiger partial charge in [-0.15, -0.1) is 0 Å². The minimum absolute atomic E-state index is 0.764. The Morgan fingerprint density at radius 2 is 1.63 bits per heavy atom. The Morgan fingerprint density at radius 3 is 2.50 bits per heavy atom. The smallest absolute Gasteiger partial charge is 0.135 e. The number of hydrogen-bond donors (Lipinski definition) is 0. The van der Waals surface area contributed by atoms with E-state index in [0.717, 1.165) is 36.2 Å². The van der Waals surface area contributed by atoms with E-state index in [4.69, 9.17) is 4.42 Å². The minimum atomic E-state index is 0.764. The van der Waals surface area contributed by atoms with Crippen LogP contribution in [0.2, 0.25) is 0 Å². The molecular formula is C29H26O. The number of furan rings is 1. The van der Waals surface area contributed by atoms with Crippen molar-refractivity contribution >= 4 is 23.1 Å². The average Bonchev–Trinajstić information content (AvgIpc) is 3.54. The van der Waals surface area contributed by atoms with Gasteiger partial charge in [-0.2, -0.15) is 0 Å². The SMILES string of the molecule is Cc1cc(Cc2ccc3c4c(oc3c2)=CCCC=4)ccc1-c1ccccc1C1CC1. The van der Waals surface area contributed by atoms with Gasteiger partial charge in [0.15, 0.2) is 0 Å². The molecule has 1 fully saturated rings. The molecule has 3 aromatic carbocycles. The molecule has 30 heavy (non-hydrogen) atoms. The molecule has 4 aromatic rings. The van der Waals surface area contributed by atoms with E-state index >= 15 is 0 Å². The van der Waals surface area contributed by atoms with E-state index in [1.165, 1.54) is 56.8 Å². The standard InChI is InChI=1S/C29H26O/c1-19-16-20(10-14-23(19)25-7-3-2-6-24(25)22-12-13-22)17-21-11-15-27-26-8-4-5-9-28(26)30-29(27)18-21/h2-3,6-11,14-16,18,22H,4-5,12-13,17H2,1H3. The lowest BCUT2D eigenvalue weighted by Crippen LogP contribution is -2.21. The van der Waals surface area contributed by atoms with Crippen molar-refractivity contribution in [2.75, 3.05) is 0 Å². The molecule has 6 rings (SSSR count). The molecule has 0 aliphatic heterocycles. The molecule has 2 aliphatic carbocycles. The molecule has 0 amide bonds. The Hall–Kier alpha value is -3.06. The fourth-order valence-corrected chi connectivity index (χ4v) is 4.96. The van der Waals surface area contributed by atoms with E-state index in [9.17, 15) is 0 Å². The molecule has 148 valence electrons. The van der Waals surface area contributed by atoms with Crippen molar-refractivity contribution < 1.29 is 4.42 Å². The maximum atomic E-state index is 6.12. The number of hydrogen-bond acceptors (Lipinski definition) is 1. The van der Waals surface area contributed by atoms with Crippen LogP contribution in [0.4, 0.5) is 0 Å². The molecule has 0 saturated heterocycles. The van der Waals surface area contributed by atoms with Gasteiger partial charge in [-0.3, -0.25) is 0 Å². The molecule has 0 radical (unpaired) electrons. The zero-order valence-electron chi connectivity index (χ0n) is 17.4. The highest BCUT2D eigenvalue weighted by molar-refractivity contribution is 5.80. The first kappa shape index (κ1) is 17.8. The highest BCUT2D eigenvalue weighted by Crippen LogP contribution is 2.44. The van der Waals surface area contributed by atoms with Gasteiger partial charge in [0.1, 0.15) is 11.0 Å². The van der Waals surface area contributed by atoms with Gasteiger partial charge in [0.2, 0.25) is 0 Å². The third-order valence-corrected chi connectivity index (χ3v) is 6.63. The van der Waals surface area contributed by atoms with Crippen molar-refractivity contribution in [2.24, 2.45) is 0 Å². The lowest BCUT2D eigenvalue weighted by atomic mass is 9.91. The maximum Gasteiger partial charge on any atom is 0.135 e. The third-order valence-electron chi connectivity index (χ3n) is 6.63. The monoisotopic (exact) mass is 390 g/mol. The summed E-state index contributed by atoms with van der Waals surface area (Å²) < 4.78 is 6.12. The van der Waals surface area contributed by atoms with Crippen molar-refractivity contribution in [3.05, 3.63) is 93.6 Å². The average molecular weight is 391 g/mol. The van der Waals surface area contributed by atoms with Crippen LogP contribution in [0.15, 0.2) is 65.1 Å². The van der Waals surface area contributed by atoms with Crippen molar-refractivity contribution in [1.29, 1.82) is 0 Å². The first-order chi connectivity index (χ1) is 14.8. The fourth-order valence-electron chi connectivity index (χ4n) is 4.96. The predicted octanol–water partition coefficient (Wildman–Crippen LogP) is 6.23. The van der Waals surface area contributed by atoms with Crippen molar-refractivity contribution in [1.82, 2.24) is 0 Å². The zero-order chi connectivity index (χ0) is 20.1. The Labute approximate surface area is 177 Å². The van der Waals surface area contributed by atoms with Crippen LogP contribution < -0.4 is 10.6 Å². The summed E-state index contributed by atoms with van der Waals surface area (Å²) in [7, 11) is 0. The van der Waals surface area contributed by atoms with Gasteiger partial charge in [-0.05, 0) is 90.5 Å². The van der Waals surface area contributed by atoms with Crippen molar-refractivity contribution in [3.63, 3.8) is 0 Å². The van der Waals surface area contributed by atoms with E-state index in [1.54, 1.807) is 0 Å². The van der Waals surface area contributed by atoms with E-state index in [-0.39, 0.29) is 0 Å². The molecule has 1 saturated carbocycles. The third kappa shape index (κ3) is 3.10. The Kier molecular flexibility index (Phi) is 4.16. The van der Waals surface area contributed by atoms with Gasteiger partial charge >= 0.3 is 0 Å². The normalized spacial score (nSPS) is 15.5. The van der Waals surface area contributed by atoms with E-state index in [0.29, 0.717) is 0 Å². The van der Waals surface area contributed by atoms with Crippen LogP contribution in [0.5, 0.6) is 0 Å². The molecule has 2 aliphatic rings. The van der Waals surface area contributed by atoms with Crippen LogP contribution in [-0.4, -0.2) is 0 Å².